The van der Waals surface area contributed by atoms with E-state index in [1.165, 1.54) is 6.20 Å². The lowest BCUT2D eigenvalue weighted by Gasteiger charge is -2.20. The van der Waals surface area contributed by atoms with E-state index in [1.807, 2.05) is 13.8 Å². The molecule has 0 aliphatic carbocycles. The summed E-state index contributed by atoms with van der Waals surface area (Å²) in [6.07, 6.45) is 1.38. The van der Waals surface area contributed by atoms with Crippen LogP contribution in [0, 0.1) is 5.92 Å². The van der Waals surface area contributed by atoms with Crippen molar-refractivity contribution in [2.45, 2.75) is 19.9 Å². The SMILES string of the molecule is CC(C)C(Nc1nc(NN)ncc1Cl)C(N)=O. The summed E-state index contributed by atoms with van der Waals surface area (Å²) in [6, 6.07) is -0.562. The molecule has 1 heterocycles. The predicted octanol–water partition coefficient (Wildman–Crippen LogP) is 0.337. The van der Waals surface area contributed by atoms with Crippen molar-refractivity contribution < 1.29 is 4.79 Å². The molecule has 6 N–H and O–H groups in total. The number of primary amides is 1. The summed E-state index contributed by atoms with van der Waals surface area (Å²) in [4.78, 5) is 19.1. The third kappa shape index (κ3) is 3.43. The number of aromatic nitrogens is 2. The van der Waals surface area contributed by atoms with Crippen LogP contribution in [0.1, 0.15) is 13.8 Å². The molecule has 1 amide bonds. The normalized spacial score (nSPS) is 12.3. The summed E-state index contributed by atoms with van der Waals surface area (Å²) in [6.45, 7) is 3.72. The summed E-state index contributed by atoms with van der Waals surface area (Å²) >= 11 is 5.90. The number of hydrogen-bond acceptors (Lipinski definition) is 6. The molecule has 94 valence electrons. The number of nitrogens with one attached hydrogen (secondary N) is 2. The average Bonchev–Trinajstić information content (AvgIpc) is 2.27. The molecule has 17 heavy (non-hydrogen) atoms. The molecule has 0 fully saturated rings. The van der Waals surface area contributed by atoms with Gasteiger partial charge in [-0.05, 0) is 5.92 Å². The lowest BCUT2D eigenvalue weighted by Crippen LogP contribution is -2.39. The van der Waals surface area contributed by atoms with Gasteiger partial charge in [-0.25, -0.2) is 10.8 Å². The standard InChI is InChI=1S/C9H15ClN6O/c1-4(2)6(7(11)17)14-8-5(10)3-13-9(15-8)16-12/h3-4,6H,12H2,1-2H3,(H2,11,17)(H2,13,14,15,16). The van der Waals surface area contributed by atoms with Crippen LogP contribution in [0.15, 0.2) is 6.20 Å². The Labute approximate surface area is 104 Å². The van der Waals surface area contributed by atoms with Crippen LogP contribution in [0.5, 0.6) is 0 Å². The van der Waals surface area contributed by atoms with Gasteiger partial charge in [0.2, 0.25) is 11.9 Å². The quantitative estimate of drug-likeness (QED) is 0.447. The minimum absolute atomic E-state index is 0.00724. The van der Waals surface area contributed by atoms with E-state index in [0.717, 1.165) is 0 Å². The van der Waals surface area contributed by atoms with E-state index in [0.29, 0.717) is 5.82 Å². The van der Waals surface area contributed by atoms with Crippen molar-refractivity contribution in [1.82, 2.24) is 9.97 Å². The minimum atomic E-state index is -0.562. The fourth-order valence-electron chi connectivity index (χ4n) is 1.25. The molecule has 0 saturated heterocycles. The van der Waals surface area contributed by atoms with Crippen LogP contribution in [-0.4, -0.2) is 21.9 Å². The van der Waals surface area contributed by atoms with Gasteiger partial charge in [0.15, 0.2) is 5.82 Å². The molecular formula is C9H15ClN6O. The Hall–Kier alpha value is -1.60. The third-order valence-corrected chi connectivity index (χ3v) is 2.42. The Balaban J connectivity index is 2.96. The van der Waals surface area contributed by atoms with Gasteiger partial charge in [-0.2, -0.15) is 4.98 Å². The maximum Gasteiger partial charge on any atom is 0.240 e. The predicted molar refractivity (Wildman–Crippen MR) is 66.3 cm³/mol. The van der Waals surface area contributed by atoms with E-state index in [4.69, 9.17) is 23.2 Å². The second-order valence-electron chi connectivity index (χ2n) is 3.80. The zero-order valence-corrected chi connectivity index (χ0v) is 10.3. The lowest BCUT2D eigenvalue weighted by molar-refractivity contribution is -0.119. The molecule has 1 unspecified atom stereocenters. The summed E-state index contributed by atoms with van der Waals surface area (Å²) in [5, 5.41) is 3.16. The van der Waals surface area contributed by atoms with Crippen LogP contribution in [0.2, 0.25) is 5.02 Å². The largest absolute Gasteiger partial charge is 0.368 e. The van der Waals surface area contributed by atoms with Crippen LogP contribution in [0.3, 0.4) is 0 Å². The topological polar surface area (TPSA) is 119 Å². The first-order valence-corrected chi connectivity index (χ1v) is 5.38. The number of halogens is 1. The van der Waals surface area contributed by atoms with E-state index in [-0.39, 0.29) is 16.9 Å². The maximum absolute atomic E-state index is 11.2. The first-order valence-electron chi connectivity index (χ1n) is 5.00. The molecule has 1 aromatic rings. The van der Waals surface area contributed by atoms with Crippen molar-refractivity contribution >= 4 is 29.3 Å². The molecule has 1 atom stereocenters. The van der Waals surface area contributed by atoms with Gasteiger partial charge in [0.05, 0.1) is 6.20 Å². The van der Waals surface area contributed by atoms with Crippen molar-refractivity contribution in [2.75, 3.05) is 10.7 Å². The first kappa shape index (κ1) is 13.5. The Morgan fingerprint density at radius 1 is 1.53 bits per heavy atom. The lowest BCUT2D eigenvalue weighted by atomic mass is 10.0. The van der Waals surface area contributed by atoms with Crippen LogP contribution in [0.25, 0.3) is 0 Å². The van der Waals surface area contributed by atoms with Crippen LogP contribution in [-0.2, 0) is 4.79 Å². The summed E-state index contributed by atoms with van der Waals surface area (Å²) in [5.41, 5.74) is 7.57. The van der Waals surface area contributed by atoms with E-state index in [1.54, 1.807) is 0 Å². The van der Waals surface area contributed by atoms with E-state index in [9.17, 15) is 4.79 Å². The van der Waals surface area contributed by atoms with Crippen LogP contribution < -0.4 is 22.3 Å². The van der Waals surface area contributed by atoms with Crippen molar-refractivity contribution in [3.63, 3.8) is 0 Å². The molecule has 8 heteroatoms. The Kier molecular flexibility index (Phi) is 4.47. The van der Waals surface area contributed by atoms with Crippen molar-refractivity contribution in [2.24, 2.45) is 17.5 Å². The van der Waals surface area contributed by atoms with E-state index in [2.05, 4.69) is 20.7 Å². The molecule has 1 rings (SSSR count). The van der Waals surface area contributed by atoms with Gasteiger partial charge in [-0.1, -0.05) is 25.4 Å². The molecule has 0 aromatic carbocycles. The molecule has 0 saturated carbocycles. The summed E-state index contributed by atoms with van der Waals surface area (Å²) in [5.74, 6) is 5.22. The third-order valence-electron chi connectivity index (χ3n) is 2.14. The number of hydrogen-bond donors (Lipinski definition) is 4. The zero-order chi connectivity index (χ0) is 13.0. The number of carbonyl (C=O) groups excluding carboxylic acids is 1. The second-order valence-corrected chi connectivity index (χ2v) is 4.21. The molecule has 0 spiro atoms. The van der Waals surface area contributed by atoms with Crippen molar-refractivity contribution in [3.05, 3.63) is 11.2 Å². The average molecular weight is 259 g/mol. The first-order chi connectivity index (χ1) is 7.95. The maximum atomic E-state index is 11.2. The highest BCUT2D eigenvalue weighted by molar-refractivity contribution is 6.32. The Morgan fingerprint density at radius 2 is 2.18 bits per heavy atom. The van der Waals surface area contributed by atoms with E-state index < -0.39 is 11.9 Å². The minimum Gasteiger partial charge on any atom is -0.368 e. The molecule has 7 nitrogen and oxygen atoms in total. The number of hydrazine groups is 1. The fraction of sp³-hybridized carbons (Fsp3) is 0.444. The molecule has 0 bridgehead atoms. The number of amides is 1. The number of nitrogen functional groups attached to an aromatic ring is 1. The Morgan fingerprint density at radius 3 is 2.65 bits per heavy atom. The van der Waals surface area contributed by atoms with Gasteiger partial charge in [0.1, 0.15) is 11.1 Å². The number of nitrogens with two attached hydrogens (primary N) is 2. The number of anilines is 2. The monoisotopic (exact) mass is 258 g/mol. The van der Waals surface area contributed by atoms with Crippen LogP contribution in [0.4, 0.5) is 11.8 Å². The molecule has 0 aliphatic heterocycles. The van der Waals surface area contributed by atoms with Gasteiger partial charge < -0.3 is 11.1 Å². The molecule has 0 aliphatic rings. The highest BCUT2D eigenvalue weighted by atomic mass is 35.5. The van der Waals surface area contributed by atoms with Gasteiger partial charge in [-0.3, -0.25) is 10.2 Å². The Bertz CT molecular complexity index is 410. The van der Waals surface area contributed by atoms with Crippen molar-refractivity contribution in [1.29, 1.82) is 0 Å². The summed E-state index contributed by atoms with van der Waals surface area (Å²) < 4.78 is 0. The van der Waals surface area contributed by atoms with Gasteiger partial charge in [-0.15, -0.1) is 0 Å². The molecular weight excluding hydrogens is 244 g/mol. The zero-order valence-electron chi connectivity index (χ0n) is 9.57. The highest BCUT2D eigenvalue weighted by Crippen LogP contribution is 2.21. The number of rotatable bonds is 5. The highest BCUT2D eigenvalue weighted by Gasteiger charge is 2.21. The van der Waals surface area contributed by atoms with Gasteiger partial charge in [0, 0.05) is 0 Å². The van der Waals surface area contributed by atoms with Crippen molar-refractivity contribution in [3.8, 4) is 0 Å². The summed E-state index contributed by atoms with van der Waals surface area (Å²) in [7, 11) is 0. The van der Waals surface area contributed by atoms with Gasteiger partial charge in [0.25, 0.3) is 0 Å². The number of nitrogens with zero attached hydrogens (tertiary/aromatic N) is 2. The second kappa shape index (κ2) is 5.65. The fourth-order valence-corrected chi connectivity index (χ4v) is 1.40. The van der Waals surface area contributed by atoms with Gasteiger partial charge >= 0.3 is 0 Å². The van der Waals surface area contributed by atoms with E-state index >= 15 is 0 Å². The van der Waals surface area contributed by atoms with Crippen LogP contribution >= 0.6 is 11.6 Å². The molecule has 1 aromatic heterocycles. The smallest absolute Gasteiger partial charge is 0.240 e. The molecule has 0 radical (unpaired) electrons. The number of carbonyl (C=O) groups is 1.